The Morgan fingerprint density at radius 3 is 2.67 bits per heavy atom. The van der Waals surface area contributed by atoms with Crippen molar-refractivity contribution in [1.29, 1.82) is 0 Å². The monoisotopic (exact) mass is 254 g/mol. The smallest absolute Gasteiger partial charge is 0.252 e. The van der Waals surface area contributed by atoms with Crippen LogP contribution in [0.1, 0.15) is 0 Å². The first-order chi connectivity index (χ1) is 4.18. The molecule has 0 saturated carbocycles. The summed E-state index contributed by atoms with van der Waals surface area (Å²) in [6.07, 6.45) is 0. The molecule has 0 unspecified atom stereocenters. The van der Waals surface area contributed by atoms with Gasteiger partial charge in [-0.2, -0.15) is 0 Å². The molecule has 0 atom stereocenters. The number of rotatable bonds is 0. The molecule has 0 aromatic carbocycles. The molecule has 0 amide bonds. The molecule has 0 aliphatic carbocycles. The molecule has 0 aliphatic heterocycles. The van der Waals surface area contributed by atoms with Gasteiger partial charge in [-0.1, -0.05) is 0 Å². The molecular formula is C4H3IN2OS. The zero-order valence-corrected chi connectivity index (χ0v) is 7.25. The van der Waals surface area contributed by atoms with E-state index in [9.17, 15) is 4.79 Å². The normalized spacial score (nSPS) is 9.44. The van der Waals surface area contributed by atoms with Crippen LogP contribution in [-0.4, -0.2) is 9.97 Å². The minimum atomic E-state index is -0.164. The first-order valence-corrected chi connectivity index (χ1v) is 3.66. The van der Waals surface area contributed by atoms with Crippen LogP contribution in [0.2, 0.25) is 0 Å². The molecule has 48 valence electrons. The highest BCUT2D eigenvalue weighted by Gasteiger charge is 1.85. The second kappa shape index (κ2) is 2.61. The fraction of sp³-hybridized carbons (Fsp3) is 0. The van der Waals surface area contributed by atoms with Gasteiger partial charge >= 0.3 is 0 Å². The Morgan fingerprint density at radius 1 is 1.56 bits per heavy atom. The van der Waals surface area contributed by atoms with Crippen molar-refractivity contribution in [3.05, 3.63) is 24.9 Å². The molecule has 0 saturated heterocycles. The third-order valence-corrected chi connectivity index (χ3v) is 1.51. The molecule has 0 fully saturated rings. The molecule has 0 aliphatic rings. The Balaban J connectivity index is 3.52. The summed E-state index contributed by atoms with van der Waals surface area (Å²) in [5.41, 5.74) is -0.164. The lowest BCUT2D eigenvalue weighted by Gasteiger charge is -1.85. The van der Waals surface area contributed by atoms with Gasteiger partial charge in [-0.25, -0.2) is 0 Å². The first-order valence-electron chi connectivity index (χ1n) is 2.17. The van der Waals surface area contributed by atoms with Gasteiger partial charge in [-0.3, -0.25) is 9.78 Å². The van der Waals surface area contributed by atoms with Crippen molar-refractivity contribution in [2.24, 2.45) is 0 Å². The molecule has 1 heterocycles. The maximum Gasteiger partial charge on any atom is 0.252 e. The van der Waals surface area contributed by atoms with Gasteiger partial charge in [0.25, 0.3) is 5.56 Å². The standard InChI is InChI=1S/C4H3IN2OS/c5-2-1-3(8)7-4(9)6-2/h1H,(H2,6,7,8,9). The Hall–Kier alpha value is -0.170. The average Bonchev–Trinajstić information content (AvgIpc) is 1.59. The van der Waals surface area contributed by atoms with Crippen molar-refractivity contribution in [3.8, 4) is 0 Å². The predicted molar refractivity (Wildman–Crippen MR) is 45.0 cm³/mol. The number of aromatic nitrogens is 2. The van der Waals surface area contributed by atoms with Crippen LogP contribution in [-0.2, 0) is 0 Å². The lowest BCUT2D eigenvalue weighted by molar-refractivity contribution is 1.06. The van der Waals surface area contributed by atoms with Gasteiger partial charge in [0.05, 0.1) is 3.70 Å². The molecule has 1 aromatic rings. The number of hydrogen-bond acceptors (Lipinski definition) is 2. The van der Waals surface area contributed by atoms with Gasteiger partial charge < -0.3 is 4.98 Å². The maximum absolute atomic E-state index is 10.6. The Labute approximate surface area is 69.7 Å². The molecular weight excluding hydrogens is 251 g/mol. The highest BCUT2D eigenvalue weighted by atomic mass is 127. The maximum atomic E-state index is 10.6. The fourth-order valence-corrected chi connectivity index (χ4v) is 1.38. The van der Waals surface area contributed by atoms with Crippen LogP contribution in [0, 0.1) is 8.47 Å². The van der Waals surface area contributed by atoms with Crippen LogP contribution >= 0.6 is 34.8 Å². The molecule has 1 aromatic heterocycles. The number of nitrogens with one attached hydrogen (secondary N) is 2. The van der Waals surface area contributed by atoms with Crippen molar-refractivity contribution in [2.75, 3.05) is 0 Å². The van der Waals surface area contributed by atoms with Crippen LogP contribution in [0.4, 0.5) is 0 Å². The second-order valence-electron chi connectivity index (χ2n) is 1.44. The van der Waals surface area contributed by atoms with E-state index in [1.54, 1.807) is 0 Å². The van der Waals surface area contributed by atoms with E-state index >= 15 is 0 Å². The van der Waals surface area contributed by atoms with Crippen molar-refractivity contribution in [1.82, 2.24) is 9.97 Å². The van der Waals surface area contributed by atoms with Crippen molar-refractivity contribution >= 4 is 34.8 Å². The molecule has 0 bridgehead atoms. The summed E-state index contributed by atoms with van der Waals surface area (Å²) < 4.78 is 1.12. The minimum Gasteiger partial charge on any atom is -0.327 e. The molecule has 2 N–H and O–H groups in total. The van der Waals surface area contributed by atoms with E-state index in [1.807, 2.05) is 22.6 Å². The first kappa shape index (κ1) is 6.94. The third kappa shape index (κ3) is 1.90. The highest BCUT2D eigenvalue weighted by molar-refractivity contribution is 14.1. The summed E-state index contributed by atoms with van der Waals surface area (Å²) in [7, 11) is 0. The van der Waals surface area contributed by atoms with Crippen molar-refractivity contribution < 1.29 is 0 Å². The van der Waals surface area contributed by atoms with Crippen LogP contribution in [0.15, 0.2) is 10.9 Å². The zero-order valence-electron chi connectivity index (χ0n) is 4.27. The van der Waals surface area contributed by atoms with Gasteiger partial charge in [0, 0.05) is 6.07 Å². The summed E-state index contributed by atoms with van der Waals surface area (Å²) in [6, 6.07) is 1.44. The molecule has 0 radical (unpaired) electrons. The SMILES string of the molecule is O=c1cc(I)[nH]c(=S)[nH]1. The van der Waals surface area contributed by atoms with Gasteiger partial charge in [0.2, 0.25) is 0 Å². The van der Waals surface area contributed by atoms with Crippen LogP contribution < -0.4 is 5.56 Å². The number of H-pyrrole nitrogens is 2. The lowest BCUT2D eigenvalue weighted by atomic mass is 10.7. The van der Waals surface area contributed by atoms with E-state index in [2.05, 4.69) is 22.2 Å². The van der Waals surface area contributed by atoms with Gasteiger partial charge in [0.1, 0.15) is 0 Å². The molecule has 9 heavy (non-hydrogen) atoms. The number of hydrogen-bond donors (Lipinski definition) is 2. The summed E-state index contributed by atoms with van der Waals surface area (Å²) in [6.45, 7) is 0. The van der Waals surface area contributed by atoms with Crippen LogP contribution in [0.5, 0.6) is 0 Å². The van der Waals surface area contributed by atoms with Gasteiger partial charge in [-0.15, -0.1) is 0 Å². The van der Waals surface area contributed by atoms with Gasteiger partial charge in [-0.05, 0) is 34.8 Å². The van der Waals surface area contributed by atoms with Crippen LogP contribution in [0.3, 0.4) is 0 Å². The van der Waals surface area contributed by atoms with Crippen molar-refractivity contribution in [3.63, 3.8) is 0 Å². The Bertz CT molecular complexity index is 287. The quantitative estimate of drug-likeness (QED) is 0.413. The predicted octanol–water partition coefficient (Wildman–Crippen LogP) is 1.04. The Kier molecular flexibility index (Phi) is 2.01. The molecule has 5 heteroatoms. The number of halogens is 1. The van der Waals surface area contributed by atoms with E-state index < -0.39 is 0 Å². The largest absolute Gasteiger partial charge is 0.327 e. The van der Waals surface area contributed by atoms with E-state index in [0.29, 0.717) is 4.77 Å². The molecule has 1 rings (SSSR count). The topological polar surface area (TPSA) is 48.6 Å². The average molecular weight is 254 g/mol. The highest BCUT2D eigenvalue weighted by Crippen LogP contribution is 1.91. The van der Waals surface area contributed by atoms with Crippen molar-refractivity contribution in [2.45, 2.75) is 0 Å². The summed E-state index contributed by atoms with van der Waals surface area (Å²) in [4.78, 5) is 15.7. The molecule has 0 spiro atoms. The summed E-state index contributed by atoms with van der Waals surface area (Å²) in [5.74, 6) is 0. The fourth-order valence-electron chi connectivity index (χ4n) is 0.439. The Morgan fingerprint density at radius 2 is 2.22 bits per heavy atom. The van der Waals surface area contributed by atoms with E-state index in [-0.39, 0.29) is 5.56 Å². The third-order valence-electron chi connectivity index (χ3n) is 0.727. The van der Waals surface area contributed by atoms with Crippen LogP contribution in [0.25, 0.3) is 0 Å². The summed E-state index contributed by atoms with van der Waals surface area (Å²) >= 11 is 6.66. The van der Waals surface area contributed by atoms with E-state index in [0.717, 1.165) is 3.70 Å². The molecule has 3 nitrogen and oxygen atoms in total. The van der Waals surface area contributed by atoms with Gasteiger partial charge in [0.15, 0.2) is 4.77 Å². The van der Waals surface area contributed by atoms with E-state index in [4.69, 9.17) is 0 Å². The lowest BCUT2D eigenvalue weighted by Crippen LogP contribution is -2.05. The number of aromatic amines is 2. The summed E-state index contributed by atoms with van der Waals surface area (Å²) in [5, 5.41) is 0. The van der Waals surface area contributed by atoms with E-state index in [1.165, 1.54) is 6.07 Å². The zero-order chi connectivity index (χ0) is 6.85. The minimum absolute atomic E-state index is 0.164. The second-order valence-corrected chi connectivity index (χ2v) is 3.01.